The normalized spacial score (nSPS) is 11.7. The fourth-order valence-corrected chi connectivity index (χ4v) is 1.93. The molecule has 1 amide bonds. The minimum Gasteiger partial charge on any atom is -0.393 e. The molecule has 6 nitrogen and oxygen atoms in total. The van der Waals surface area contributed by atoms with Gasteiger partial charge < -0.3 is 15.3 Å². The first kappa shape index (κ1) is 14.8. The van der Waals surface area contributed by atoms with Crippen molar-refractivity contribution in [1.29, 1.82) is 5.26 Å². The SMILES string of the molecule is CN(C)c1cc(C(=O)N[C@H](C#N)CO)c2ccccc2n1. The predicted octanol–water partition coefficient (Wildman–Crippen LogP) is 0.915. The van der Waals surface area contributed by atoms with Crippen LogP contribution in [0.2, 0.25) is 0 Å². The van der Waals surface area contributed by atoms with Gasteiger partial charge in [0, 0.05) is 19.5 Å². The maximum atomic E-state index is 12.3. The molecule has 0 unspecified atom stereocenters. The molecule has 0 bridgehead atoms. The number of amides is 1. The van der Waals surface area contributed by atoms with Gasteiger partial charge in [0.25, 0.3) is 5.91 Å². The fourth-order valence-electron chi connectivity index (χ4n) is 1.93. The summed E-state index contributed by atoms with van der Waals surface area (Å²) in [5, 5.41) is 21.1. The number of anilines is 1. The number of para-hydroxylation sites is 1. The molecule has 0 aliphatic heterocycles. The first-order valence-electron chi connectivity index (χ1n) is 6.45. The van der Waals surface area contributed by atoms with E-state index in [1.165, 1.54) is 0 Å². The highest BCUT2D eigenvalue weighted by molar-refractivity contribution is 6.07. The van der Waals surface area contributed by atoms with E-state index in [2.05, 4.69) is 10.3 Å². The van der Waals surface area contributed by atoms with Gasteiger partial charge in [-0.1, -0.05) is 18.2 Å². The van der Waals surface area contributed by atoms with Gasteiger partial charge in [-0.2, -0.15) is 5.26 Å². The number of rotatable bonds is 4. The summed E-state index contributed by atoms with van der Waals surface area (Å²) in [5.41, 5.74) is 1.13. The summed E-state index contributed by atoms with van der Waals surface area (Å²) in [6.45, 7) is -0.425. The molecule has 1 aromatic heterocycles. The molecule has 0 saturated heterocycles. The second kappa shape index (κ2) is 6.20. The van der Waals surface area contributed by atoms with Crippen molar-refractivity contribution in [2.45, 2.75) is 6.04 Å². The van der Waals surface area contributed by atoms with E-state index in [1.807, 2.05) is 38.4 Å². The van der Waals surface area contributed by atoms with Crippen LogP contribution in [0.15, 0.2) is 30.3 Å². The Morgan fingerprint density at radius 2 is 2.19 bits per heavy atom. The number of nitrogens with one attached hydrogen (secondary N) is 1. The Balaban J connectivity index is 2.51. The molecule has 0 spiro atoms. The molecule has 0 fully saturated rings. The van der Waals surface area contributed by atoms with Crippen LogP contribution in [0.1, 0.15) is 10.4 Å². The van der Waals surface area contributed by atoms with Gasteiger partial charge in [0.1, 0.15) is 11.9 Å². The summed E-state index contributed by atoms with van der Waals surface area (Å²) < 4.78 is 0. The third-order valence-electron chi connectivity index (χ3n) is 3.05. The van der Waals surface area contributed by atoms with Gasteiger partial charge in [-0.25, -0.2) is 4.98 Å². The van der Waals surface area contributed by atoms with Crippen LogP contribution in [0, 0.1) is 11.3 Å². The summed E-state index contributed by atoms with van der Waals surface area (Å²) >= 11 is 0. The standard InChI is InChI=1S/C15H16N4O2/c1-19(2)14-7-12(15(21)17-10(8-16)9-20)11-5-3-4-6-13(11)18-14/h3-7,10,20H,9H2,1-2H3,(H,17,21)/t10-/m1/s1. The van der Waals surface area contributed by atoms with Gasteiger partial charge in [-0.05, 0) is 12.1 Å². The molecular weight excluding hydrogens is 268 g/mol. The lowest BCUT2D eigenvalue weighted by molar-refractivity contribution is 0.0932. The zero-order valence-electron chi connectivity index (χ0n) is 11.9. The van der Waals surface area contributed by atoms with Crippen molar-refractivity contribution in [2.24, 2.45) is 0 Å². The van der Waals surface area contributed by atoms with Gasteiger partial charge in [0.2, 0.25) is 0 Å². The highest BCUT2D eigenvalue weighted by atomic mass is 16.3. The lowest BCUT2D eigenvalue weighted by Crippen LogP contribution is -2.36. The molecule has 108 valence electrons. The zero-order valence-corrected chi connectivity index (χ0v) is 11.9. The van der Waals surface area contributed by atoms with Crippen LogP contribution in [0.3, 0.4) is 0 Å². The second-order valence-electron chi connectivity index (χ2n) is 4.78. The quantitative estimate of drug-likeness (QED) is 0.871. The summed E-state index contributed by atoms with van der Waals surface area (Å²) in [5.74, 6) is 0.244. The molecule has 2 rings (SSSR count). The first-order valence-corrected chi connectivity index (χ1v) is 6.45. The van der Waals surface area contributed by atoms with E-state index in [1.54, 1.807) is 17.0 Å². The third-order valence-corrected chi connectivity index (χ3v) is 3.05. The number of pyridine rings is 1. The maximum absolute atomic E-state index is 12.3. The van der Waals surface area contributed by atoms with Gasteiger partial charge >= 0.3 is 0 Å². The molecular formula is C15H16N4O2. The van der Waals surface area contributed by atoms with Crippen molar-refractivity contribution in [1.82, 2.24) is 10.3 Å². The van der Waals surface area contributed by atoms with Crippen LogP contribution in [-0.4, -0.2) is 42.7 Å². The number of aliphatic hydroxyl groups is 1. The number of fused-ring (bicyclic) bond motifs is 1. The molecule has 0 saturated carbocycles. The van der Waals surface area contributed by atoms with Crippen molar-refractivity contribution in [3.8, 4) is 6.07 Å². The molecule has 1 heterocycles. The smallest absolute Gasteiger partial charge is 0.253 e. The summed E-state index contributed by atoms with van der Waals surface area (Å²) in [6, 6.07) is 9.88. The van der Waals surface area contributed by atoms with Crippen LogP contribution in [0.5, 0.6) is 0 Å². The summed E-state index contributed by atoms with van der Waals surface area (Å²) in [4.78, 5) is 18.6. The van der Waals surface area contributed by atoms with E-state index in [4.69, 9.17) is 10.4 Å². The number of hydrogen-bond acceptors (Lipinski definition) is 5. The van der Waals surface area contributed by atoms with E-state index in [-0.39, 0.29) is 0 Å². The van der Waals surface area contributed by atoms with Crippen LogP contribution < -0.4 is 10.2 Å². The van der Waals surface area contributed by atoms with Crippen molar-refractivity contribution in [3.63, 3.8) is 0 Å². The molecule has 1 aromatic carbocycles. The van der Waals surface area contributed by atoms with E-state index in [0.29, 0.717) is 22.3 Å². The third kappa shape index (κ3) is 3.09. The van der Waals surface area contributed by atoms with E-state index < -0.39 is 18.6 Å². The number of hydrogen-bond donors (Lipinski definition) is 2. The number of benzene rings is 1. The Bertz CT molecular complexity index is 706. The van der Waals surface area contributed by atoms with E-state index in [9.17, 15) is 4.79 Å². The fraction of sp³-hybridized carbons (Fsp3) is 0.267. The minimum atomic E-state index is -0.924. The average Bonchev–Trinajstić information content (AvgIpc) is 2.51. The van der Waals surface area contributed by atoms with E-state index in [0.717, 1.165) is 0 Å². The molecule has 0 radical (unpaired) electrons. The highest BCUT2D eigenvalue weighted by Crippen LogP contribution is 2.22. The van der Waals surface area contributed by atoms with Crippen LogP contribution in [0.4, 0.5) is 5.82 Å². The topological polar surface area (TPSA) is 89.2 Å². The van der Waals surface area contributed by atoms with E-state index >= 15 is 0 Å². The maximum Gasteiger partial charge on any atom is 0.253 e. The molecule has 2 N–H and O–H groups in total. The zero-order chi connectivity index (χ0) is 15.4. The lowest BCUT2D eigenvalue weighted by Gasteiger charge is -2.15. The Labute approximate surface area is 122 Å². The molecule has 2 aromatic rings. The Morgan fingerprint density at radius 1 is 1.48 bits per heavy atom. The molecule has 0 aliphatic rings. The second-order valence-corrected chi connectivity index (χ2v) is 4.78. The van der Waals surface area contributed by atoms with Crippen molar-refractivity contribution in [3.05, 3.63) is 35.9 Å². The summed E-state index contributed by atoms with van der Waals surface area (Å²) in [6.07, 6.45) is 0. The van der Waals surface area contributed by atoms with Crippen LogP contribution in [-0.2, 0) is 0 Å². The van der Waals surface area contributed by atoms with Crippen LogP contribution >= 0.6 is 0 Å². The lowest BCUT2D eigenvalue weighted by atomic mass is 10.1. The van der Waals surface area contributed by atoms with Gasteiger partial charge in [-0.3, -0.25) is 4.79 Å². The number of aromatic nitrogens is 1. The Hall–Kier alpha value is -2.65. The largest absolute Gasteiger partial charge is 0.393 e. The van der Waals surface area contributed by atoms with Crippen molar-refractivity contribution < 1.29 is 9.90 Å². The van der Waals surface area contributed by atoms with Crippen molar-refractivity contribution in [2.75, 3.05) is 25.6 Å². The number of carbonyl (C=O) groups is 1. The number of nitrogens with zero attached hydrogens (tertiary/aromatic N) is 3. The van der Waals surface area contributed by atoms with Gasteiger partial charge in [0.15, 0.2) is 0 Å². The molecule has 21 heavy (non-hydrogen) atoms. The number of carbonyl (C=O) groups excluding carboxylic acids is 1. The highest BCUT2D eigenvalue weighted by Gasteiger charge is 2.16. The molecule has 1 atom stereocenters. The van der Waals surface area contributed by atoms with Gasteiger partial charge in [0.05, 0.1) is 23.8 Å². The molecule has 6 heteroatoms. The van der Waals surface area contributed by atoms with Gasteiger partial charge in [-0.15, -0.1) is 0 Å². The number of nitriles is 1. The minimum absolute atomic E-state index is 0.405. The number of aliphatic hydroxyl groups excluding tert-OH is 1. The Kier molecular flexibility index (Phi) is 4.36. The van der Waals surface area contributed by atoms with Crippen molar-refractivity contribution >= 4 is 22.6 Å². The monoisotopic (exact) mass is 284 g/mol. The first-order chi connectivity index (χ1) is 10.1. The predicted molar refractivity (Wildman–Crippen MR) is 80.0 cm³/mol. The van der Waals surface area contributed by atoms with Crippen LogP contribution in [0.25, 0.3) is 10.9 Å². The Morgan fingerprint density at radius 3 is 2.81 bits per heavy atom. The summed E-state index contributed by atoms with van der Waals surface area (Å²) in [7, 11) is 3.68. The molecule has 0 aliphatic carbocycles. The average molecular weight is 284 g/mol.